The van der Waals surface area contributed by atoms with Gasteiger partial charge in [0.05, 0.1) is 26.2 Å². The molecular formula is C31H38FN3O4S. The molecule has 0 aliphatic carbocycles. The van der Waals surface area contributed by atoms with Gasteiger partial charge in [0.1, 0.15) is 11.6 Å². The Morgan fingerprint density at radius 2 is 1.73 bits per heavy atom. The van der Waals surface area contributed by atoms with Gasteiger partial charge in [0.25, 0.3) is 0 Å². The maximum absolute atomic E-state index is 14.2. The molecule has 214 valence electrons. The van der Waals surface area contributed by atoms with Crippen LogP contribution in [0.2, 0.25) is 0 Å². The maximum atomic E-state index is 14.2. The molecule has 1 saturated heterocycles. The van der Waals surface area contributed by atoms with Gasteiger partial charge >= 0.3 is 0 Å². The second-order valence-corrected chi connectivity index (χ2v) is 12.9. The molecule has 4 rings (SSSR count). The van der Waals surface area contributed by atoms with Gasteiger partial charge in [0.2, 0.25) is 15.9 Å². The largest absolute Gasteiger partial charge is 0.496 e. The lowest BCUT2D eigenvalue weighted by atomic mass is 9.83. The van der Waals surface area contributed by atoms with Gasteiger partial charge in [-0.1, -0.05) is 45.1 Å². The van der Waals surface area contributed by atoms with Crippen molar-refractivity contribution in [2.75, 3.05) is 44.3 Å². The number of anilines is 1. The molecule has 9 heteroatoms. The minimum absolute atomic E-state index is 0.0759. The van der Waals surface area contributed by atoms with Crippen LogP contribution in [0, 0.1) is 5.82 Å². The van der Waals surface area contributed by atoms with Gasteiger partial charge in [0, 0.05) is 28.9 Å². The van der Waals surface area contributed by atoms with Crippen molar-refractivity contribution in [2.45, 2.75) is 39.0 Å². The number of aromatic nitrogens is 1. The van der Waals surface area contributed by atoms with Crippen LogP contribution >= 0.6 is 0 Å². The fourth-order valence-corrected chi connectivity index (χ4v) is 5.94. The number of benzene rings is 2. The lowest BCUT2D eigenvalue weighted by Gasteiger charge is -2.25. The number of hydrogen-bond acceptors (Lipinski definition) is 6. The Balaban J connectivity index is 1.60. The predicted molar refractivity (Wildman–Crippen MR) is 160 cm³/mol. The normalized spacial score (nSPS) is 14.6. The van der Waals surface area contributed by atoms with Gasteiger partial charge in [0.15, 0.2) is 0 Å². The summed E-state index contributed by atoms with van der Waals surface area (Å²) in [4.78, 5) is 6.28. The molecule has 0 spiro atoms. The Hall–Kier alpha value is -3.43. The summed E-state index contributed by atoms with van der Waals surface area (Å²) in [5, 5.41) is 0. The third-order valence-electron chi connectivity index (χ3n) is 6.97. The van der Waals surface area contributed by atoms with Gasteiger partial charge in [-0.05, 0) is 72.8 Å². The van der Waals surface area contributed by atoms with Crippen molar-refractivity contribution in [2.24, 2.45) is 0 Å². The average Bonchev–Trinajstić information content (AvgIpc) is 3.44. The van der Waals surface area contributed by atoms with E-state index in [4.69, 9.17) is 9.47 Å². The molecule has 2 aromatic carbocycles. The molecule has 0 unspecified atom stereocenters. The molecule has 3 aromatic rings. The molecule has 7 nitrogen and oxygen atoms in total. The van der Waals surface area contributed by atoms with E-state index >= 15 is 0 Å². The number of likely N-dealkylation sites (tertiary alicyclic amines) is 1. The number of nitrogens with zero attached hydrogens (tertiary/aromatic N) is 2. The third kappa shape index (κ3) is 7.40. The van der Waals surface area contributed by atoms with E-state index in [1.807, 2.05) is 36.4 Å². The molecular weight excluding hydrogens is 529 g/mol. The molecule has 0 radical (unpaired) electrons. The van der Waals surface area contributed by atoms with E-state index in [2.05, 4.69) is 35.4 Å². The summed E-state index contributed by atoms with van der Waals surface area (Å²) in [6.45, 7) is 8.75. The summed E-state index contributed by atoms with van der Waals surface area (Å²) in [5.74, 6) is 0.679. The van der Waals surface area contributed by atoms with Crippen molar-refractivity contribution in [3.63, 3.8) is 0 Å². The Kier molecular flexibility index (Phi) is 9.15. The molecule has 1 aliphatic heterocycles. The Morgan fingerprint density at radius 3 is 2.35 bits per heavy atom. The highest BCUT2D eigenvalue weighted by Crippen LogP contribution is 2.40. The first-order chi connectivity index (χ1) is 19.0. The average molecular weight is 568 g/mol. The van der Waals surface area contributed by atoms with Crippen molar-refractivity contribution in [1.82, 2.24) is 9.88 Å². The Bertz CT molecular complexity index is 1460. The first-order valence-electron chi connectivity index (χ1n) is 13.4. The molecule has 1 fully saturated rings. The minimum Gasteiger partial charge on any atom is -0.496 e. The SMILES string of the molecule is COc1ncc(F)cc1-c1cc(/C=C/c2ccc(NS(=O)(=O)CCN3CCCC3)cc2)c(OC)c(C(C)(C)C)c1. The summed E-state index contributed by atoms with van der Waals surface area (Å²) in [5.41, 5.74) is 4.22. The third-order valence-corrected chi connectivity index (χ3v) is 8.23. The summed E-state index contributed by atoms with van der Waals surface area (Å²) in [7, 11) is -0.281. The van der Waals surface area contributed by atoms with Crippen LogP contribution in [-0.4, -0.2) is 57.9 Å². The molecule has 40 heavy (non-hydrogen) atoms. The molecule has 1 aromatic heterocycles. The zero-order valence-corrected chi connectivity index (χ0v) is 24.6. The van der Waals surface area contributed by atoms with Crippen LogP contribution in [0.1, 0.15) is 50.3 Å². The second kappa shape index (κ2) is 12.4. The summed E-state index contributed by atoms with van der Waals surface area (Å²) < 4.78 is 53.2. The Morgan fingerprint density at radius 1 is 1.02 bits per heavy atom. The highest BCUT2D eigenvalue weighted by Gasteiger charge is 2.23. The van der Waals surface area contributed by atoms with E-state index in [0.29, 0.717) is 23.7 Å². The van der Waals surface area contributed by atoms with E-state index in [1.54, 1.807) is 19.2 Å². The van der Waals surface area contributed by atoms with E-state index in [1.165, 1.54) is 13.2 Å². The summed E-state index contributed by atoms with van der Waals surface area (Å²) in [6.07, 6.45) is 7.26. The number of methoxy groups -OCH3 is 2. The van der Waals surface area contributed by atoms with Crippen molar-refractivity contribution < 1.29 is 22.3 Å². The molecule has 0 amide bonds. The lowest BCUT2D eigenvalue weighted by Crippen LogP contribution is -2.29. The fraction of sp³-hybridized carbons (Fsp3) is 0.387. The van der Waals surface area contributed by atoms with Crippen molar-refractivity contribution in [3.8, 4) is 22.8 Å². The minimum atomic E-state index is -3.43. The monoisotopic (exact) mass is 567 g/mol. The zero-order chi connectivity index (χ0) is 28.9. The maximum Gasteiger partial charge on any atom is 0.233 e. The molecule has 0 bridgehead atoms. The first kappa shape index (κ1) is 29.6. The Labute approximate surface area is 237 Å². The quantitative estimate of drug-likeness (QED) is 0.294. The molecule has 2 heterocycles. The molecule has 0 saturated carbocycles. The number of ether oxygens (including phenoxy) is 2. The van der Waals surface area contributed by atoms with E-state index < -0.39 is 15.8 Å². The topological polar surface area (TPSA) is 80.8 Å². The van der Waals surface area contributed by atoms with Crippen LogP contribution in [0.15, 0.2) is 48.7 Å². The van der Waals surface area contributed by atoms with Crippen LogP contribution < -0.4 is 14.2 Å². The fourth-order valence-electron chi connectivity index (χ4n) is 4.85. The molecule has 1 aliphatic rings. The van der Waals surface area contributed by atoms with Crippen LogP contribution in [0.4, 0.5) is 10.1 Å². The smallest absolute Gasteiger partial charge is 0.233 e. The van der Waals surface area contributed by atoms with Gasteiger partial charge in [-0.15, -0.1) is 0 Å². The van der Waals surface area contributed by atoms with Crippen molar-refractivity contribution in [3.05, 3.63) is 71.2 Å². The van der Waals surface area contributed by atoms with Gasteiger partial charge in [-0.3, -0.25) is 4.72 Å². The highest BCUT2D eigenvalue weighted by molar-refractivity contribution is 7.92. The van der Waals surface area contributed by atoms with Crippen LogP contribution in [0.5, 0.6) is 11.6 Å². The van der Waals surface area contributed by atoms with E-state index in [-0.39, 0.29) is 11.2 Å². The highest BCUT2D eigenvalue weighted by atomic mass is 32.2. The number of sulfonamides is 1. The van der Waals surface area contributed by atoms with Gasteiger partial charge in [-0.2, -0.15) is 0 Å². The van der Waals surface area contributed by atoms with Gasteiger partial charge < -0.3 is 14.4 Å². The van der Waals surface area contributed by atoms with Crippen LogP contribution in [0.25, 0.3) is 23.3 Å². The zero-order valence-electron chi connectivity index (χ0n) is 23.8. The number of hydrogen-bond donors (Lipinski definition) is 1. The van der Waals surface area contributed by atoms with Crippen LogP contribution in [-0.2, 0) is 15.4 Å². The van der Waals surface area contributed by atoms with E-state index in [9.17, 15) is 12.8 Å². The first-order valence-corrected chi connectivity index (χ1v) is 15.1. The van der Waals surface area contributed by atoms with Gasteiger partial charge in [-0.25, -0.2) is 17.8 Å². The van der Waals surface area contributed by atoms with Crippen molar-refractivity contribution in [1.29, 1.82) is 0 Å². The number of nitrogens with one attached hydrogen (secondary N) is 1. The predicted octanol–water partition coefficient (Wildman–Crippen LogP) is 6.21. The van der Waals surface area contributed by atoms with Crippen molar-refractivity contribution >= 4 is 27.9 Å². The van der Waals surface area contributed by atoms with Crippen LogP contribution in [0.3, 0.4) is 0 Å². The molecule has 1 N–H and O–H groups in total. The van der Waals surface area contributed by atoms with E-state index in [0.717, 1.165) is 60.1 Å². The summed E-state index contributed by atoms with van der Waals surface area (Å²) >= 11 is 0. The number of halogens is 1. The standard InChI is InChI=1S/C31H38FN3O4S/c1-31(2,3)28-19-24(27-20-25(32)21-33-30(27)39-5)18-23(29(28)38-4)11-8-22-9-12-26(13-10-22)34-40(36,37)17-16-35-14-6-7-15-35/h8-13,18-21,34H,6-7,14-17H2,1-5H3/b11-8+. The lowest BCUT2D eigenvalue weighted by molar-refractivity contribution is 0.359. The second-order valence-electron chi connectivity index (χ2n) is 11.0. The molecule has 0 atom stereocenters. The summed E-state index contributed by atoms with van der Waals surface area (Å²) in [6, 6.07) is 12.5. The number of pyridine rings is 1. The number of rotatable bonds is 10.